The molecule has 0 radical (unpaired) electrons. The van der Waals surface area contributed by atoms with E-state index in [1.54, 1.807) is 6.07 Å². The fourth-order valence-corrected chi connectivity index (χ4v) is 1.17. The lowest BCUT2D eigenvalue weighted by atomic mass is 10.1. The van der Waals surface area contributed by atoms with Gasteiger partial charge in [0.1, 0.15) is 17.5 Å². The highest BCUT2D eigenvalue weighted by atomic mass is 19.3. The van der Waals surface area contributed by atoms with Crippen LogP contribution in [0.3, 0.4) is 0 Å². The third-order valence-corrected chi connectivity index (χ3v) is 1.94. The van der Waals surface area contributed by atoms with Crippen LogP contribution < -0.4 is 4.74 Å². The quantitative estimate of drug-likeness (QED) is 0.754. The summed E-state index contributed by atoms with van der Waals surface area (Å²) in [6.45, 7) is 0. The summed E-state index contributed by atoms with van der Waals surface area (Å²) >= 11 is 0. The molecule has 0 bridgehead atoms. The zero-order valence-electron chi connectivity index (χ0n) is 9.03. The molecule has 0 aliphatic rings. The molecule has 90 valence electrons. The molecule has 0 aromatic carbocycles. The second-order valence-electron chi connectivity index (χ2n) is 2.88. The summed E-state index contributed by atoms with van der Waals surface area (Å²) in [5.74, 6) is -1.20. The van der Waals surface area contributed by atoms with Gasteiger partial charge in [-0.1, -0.05) is 0 Å². The number of alkyl halides is 2. The Morgan fingerprint density at radius 3 is 2.59 bits per heavy atom. The first-order chi connectivity index (χ1) is 8.04. The van der Waals surface area contributed by atoms with Crippen LogP contribution in [0.5, 0.6) is 5.75 Å². The third-order valence-electron chi connectivity index (χ3n) is 1.94. The van der Waals surface area contributed by atoms with E-state index in [1.807, 2.05) is 0 Å². The molecule has 0 fully saturated rings. The highest BCUT2D eigenvalue weighted by Crippen LogP contribution is 2.29. The fraction of sp³-hybridized carbons (Fsp3) is 0.300. The number of hydrogen-bond donors (Lipinski definition) is 0. The SMILES string of the molecule is COC(=O)c1nc(C(F)F)c(OC)cc1C#N. The number of nitrogens with zero attached hydrogens (tertiary/aromatic N) is 2. The van der Waals surface area contributed by atoms with Gasteiger partial charge >= 0.3 is 5.97 Å². The van der Waals surface area contributed by atoms with Gasteiger partial charge in [0, 0.05) is 6.07 Å². The average molecular weight is 242 g/mol. The van der Waals surface area contributed by atoms with E-state index in [1.165, 1.54) is 7.11 Å². The number of carbonyl (C=O) groups is 1. The molecule has 0 aliphatic heterocycles. The number of carbonyl (C=O) groups excluding carboxylic acids is 1. The molecule has 5 nitrogen and oxygen atoms in total. The summed E-state index contributed by atoms with van der Waals surface area (Å²) in [5.41, 5.74) is -1.34. The number of pyridine rings is 1. The van der Waals surface area contributed by atoms with Crippen molar-refractivity contribution in [2.75, 3.05) is 14.2 Å². The Balaban J connectivity index is 3.45. The number of hydrogen-bond acceptors (Lipinski definition) is 5. The Bertz CT molecular complexity index is 483. The molecule has 1 aromatic heterocycles. The summed E-state index contributed by atoms with van der Waals surface area (Å²) in [4.78, 5) is 14.7. The Labute approximate surface area is 95.6 Å². The van der Waals surface area contributed by atoms with Crippen LogP contribution in [0.15, 0.2) is 6.07 Å². The molecule has 0 aliphatic carbocycles. The van der Waals surface area contributed by atoms with Gasteiger partial charge in [-0.2, -0.15) is 5.26 Å². The van der Waals surface area contributed by atoms with Crippen molar-refractivity contribution in [3.63, 3.8) is 0 Å². The normalized spacial score (nSPS) is 9.88. The zero-order chi connectivity index (χ0) is 13.0. The van der Waals surface area contributed by atoms with E-state index >= 15 is 0 Å². The van der Waals surface area contributed by atoms with E-state index in [2.05, 4.69) is 14.5 Å². The van der Waals surface area contributed by atoms with Crippen LogP contribution in [0.1, 0.15) is 28.2 Å². The Morgan fingerprint density at radius 2 is 2.18 bits per heavy atom. The van der Waals surface area contributed by atoms with Crippen LogP contribution in [-0.4, -0.2) is 25.2 Å². The zero-order valence-corrected chi connectivity index (χ0v) is 9.03. The topological polar surface area (TPSA) is 72.2 Å². The van der Waals surface area contributed by atoms with Crippen molar-refractivity contribution >= 4 is 5.97 Å². The van der Waals surface area contributed by atoms with Crippen molar-refractivity contribution in [2.45, 2.75) is 6.43 Å². The minimum Gasteiger partial charge on any atom is -0.495 e. The molecule has 1 aromatic rings. The maximum absolute atomic E-state index is 12.6. The second kappa shape index (κ2) is 5.21. The van der Waals surface area contributed by atoms with Crippen molar-refractivity contribution < 1.29 is 23.0 Å². The molecular formula is C10H8F2N2O3. The second-order valence-corrected chi connectivity index (χ2v) is 2.88. The molecule has 0 N–H and O–H groups in total. The highest BCUT2D eigenvalue weighted by molar-refractivity contribution is 5.90. The van der Waals surface area contributed by atoms with Gasteiger partial charge in [0.2, 0.25) is 0 Å². The molecule has 17 heavy (non-hydrogen) atoms. The van der Waals surface area contributed by atoms with Gasteiger partial charge < -0.3 is 9.47 Å². The highest BCUT2D eigenvalue weighted by Gasteiger charge is 2.23. The molecular weight excluding hydrogens is 234 g/mol. The van der Waals surface area contributed by atoms with Crippen LogP contribution in [-0.2, 0) is 4.74 Å². The first-order valence-electron chi connectivity index (χ1n) is 4.40. The molecule has 7 heteroatoms. The number of esters is 1. The van der Waals surface area contributed by atoms with E-state index < -0.39 is 23.8 Å². The van der Waals surface area contributed by atoms with E-state index in [-0.39, 0.29) is 11.3 Å². The average Bonchev–Trinajstić information content (AvgIpc) is 2.35. The van der Waals surface area contributed by atoms with Crippen LogP contribution in [0.2, 0.25) is 0 Å². The van der Waals surface area contributed by atoms with Gasteiger partial charge in [-0.3, -0.25) is 0 Å². The Morgan fingerprint density at radius 1 is 1.53 bits per heavy atom. The van der Waals surface area contributed by atoms with Crippen molar-refractivity contribution in [3.05, 3.63) is 23.0 Å². The summed E-state index contributed by atoms with van der Waals surface area (Å²) in [7, 11) is 2.24. The predicted molar refractivity (Wildman–Crippen MR) is 51.8 cm³/mol. The number of aromatic nitrogens is 1. The smallest absolute Gasteiger partial charge is 0.358 e. The first kappa shape index (κ1) is 12.8. The van der Waals surface area contributed by atoms with Crippen molar-refractivity contribution in [3.8, 4) is 11.8 Å². The molecule has 0 atom stereocenters. The van der Waals surface area contributed by atoms with Crippen LogP contribution in [0, 0.1) is 11.3 Å². The number of methoxy groups -OCH3 is 2. The van der Waals surface area contributed by atoms with Gasteiger partial charge in [0.25, 0.3) is 6.43 Å². The Kier molecular flexibility index (Phi) is 3.93. The number of nitriles is 1. The lowest BCUT2D eigenvalue weighted by Gasteiger charge is -2.09. The number of ether oxygens (including phenoxy) is 2. The van der Waals surface area contributed by atoms with E-state index in [0.717, 1.165) is 13.2 Å². The van der Waals surface area contributed by atoms with Crippen LogP contribution >= 0.6 is 0 Å². The molecule has 0 spiro atoms. The van der Waals surface area contributed by atoms with E-state index in [9.17, 15) is 13.6 Å². The molecule has 1 rings (SSSR count). The number of rotatable bonds is 3. The van der Waals surface area contributed by atoms with E-state index in [4.69, 9.17) is 5.26 Å². The van der Waals surface area contributed by atoms with Crippen LogP contribution in [0.25, 0.3) is 0 Å². The van der Waals surface area contributed by atoms with Crippen LogP contribution in [0.4, 0.5) is 8.78 Å². The molecule has 1 heterocycles. The van der Waals surface area contributed by atoms with Gasteiger partial charge in [-0.25, -0.2) is 18.6 Å². The summed E-state index contributed by atoms with van der Waals surface area (Å²) in [6.07, 6.45) is -2.92. The molecule has 0 saturated carbocycles. The fourth-order valence-electron chi connectivity index (χ4n) is 1.17. The van der Waals surface area contributed by atoms with Gasteiger partial charge in [-0.15, -0.1) is 0 Å². The minimum absolute atomic E-state index is 0.182. The van der Waals surface area contributed by atoms with Gasteiger partial charge in [0.15, 0.2) is 5.69 Å². The lowest BCUT2D eigenvalue weighted by molar-refractivity contribution is 0.0591. The predicted octanol–water partition coefficient (Wildman–Crippen LogP) is 1.69. The molecule has 0 unspecified atom stereocenters. The maximum Gasteiger partial charge on any atom is 0.358 e. The lowest BCUT2D eigenvalue weighted by Crippen LogP contribution is -2.10. The Hall–Kier alpha value is -2.23. The van der Waals surface area contributed by atoms with Crippen molar-refractivity contribution in [1.82, 2.24) is 4.98 Å². The minimum atomic E-state index is -2.92. The first-order valence-corrected chi connectivity index (χ1v) is 4.40. The standard InChI is InChI=1S/C10H8F2N2O3/c1-16-6-3-5(4-13)7(10(15)17-2)14-8(6)9(11)12/h3,9H,1-2H3. The van der Waals surface area contributed by atoms with E-state index in [0.29, 0.717) is 0 Å². The maximum atomic E-state index is 12.6. The third kappa shape index (κ3) is 2.47. The monoisotopic (exact) mass is 242 g/mol. The summed E-state index contributed by atoms with van der Waals surface area (Å²) in [6, 6.07) is 2.69. The van der Waals surface area contributed by atoms with Crippen molar-refractivity contribution in [1.29, 1.82) is 5.26 Å². The van der Waals surface area contributed by atoms with Gasteiger partial charge in [0.05, 0.1) is 19.8 Å². The number of halogens is 2. The summed E-state index contributed by atoms with van der Waals surface area (Å²) < 4.78 is 34.3. The molecule has 0 saturated heterocycles. The largest absolute Gasteiger partial charge is 0.495 e. The molecule has 0 amide bonds. The van der Waals surface area contributed by atoms with Crippen molar-refractivity contribution in [2.24, 2.45) is 0 Å². The van der Waals surface area contributed by atoms with Gasteiger partial charge in [-0.05, 0) is 0 Å². The summed E-state index contributed by atoms with van der Waals surface area (Å²) in [5, 5.41) is 8.77.